The summed E-state index contributed by atoms with van der Waals surface area (Å²) in [5.41, 5.74) is 3.44. The zero-order valence-corrected chi connectivity index (χ0v) is 16.8. The zero-order valence-electron chi connectivity index (χ0n) is 16.0. The van der Waals surface area contributed by atoms with Gasteiger partial charge in [-0.2, -0.15) is 0 Å². The summed E-state index contributed by atoms with van der Waals surface area (Å²) in [5, 5.41) is 0.266. The van der Waals surface area contributed by atoms with Crippen molar-refractivity contribution in [2.24, 2.45) is 17.3 Å². The lowest BCUT2D eigenvalue weighted by molar-refractivity contribution is -0.128. The second-order valence-corrected chi connectivity index (χ2v) is 8.82. The second kappa shape index (κ2) is 7.70. The van der Waals surface area contributed by atoms with Gasteiger partial charge in [0.05, 0.1) is 0 Å². The van der Waals surface area contributed by atoms with E-state index in [9.17, 15) is 4.79 Å². The van der Waals surface area contributed by atoms with Crippen LogP contribution in [-0.4, -0.2) is 11.0 Å². The van der Waals surface area contributed by atoms with Gasteiger partial charge in [0.1, 0.15) is 5.78 Å². The molecule has 2 atom stereocenters. The Balaban J connectivity index is 3.14. The predicted molar refractivity (Wildman–Crippen MR) is 103 cm³/mol. The van der Waals surface area contributed by atoms with Gasteiger partial charge in [0.25, 0.3) is 0 Å². The molecule has 0 spiro atoms. The number of rotatable bonds is 7. The van der Waals surface area contributed by atoms with Crippen LogP contribution in [0.2, 0.25) is 0 Å². The highest BCUT2D eigenvalue weighted by Gasteiger charge is 2.35. The molecule has 1 aromatic carbocycles. The summed E-state index contributed by atoms with van der Waals surface area (Å²) < 4.78 is 0. The highest BCUT2D eigenvalue weighted by molar-refractivity contribution is 8.00. The Morgan fingerprint density at radius 1 is 1.13 bits per heavy atom. The van der Waals surface area contributed by atoms with Crippen LogP contribution in [0.5, 0.6) is 0 Å². The molecule has 0 aliphatic carbocycles. The molecule has 0 aromatic heterocycles. The molecule has 1 nitrogen and oxygen atoms in total. The van der Waals surface area contributed by atoms with Crippen LogP contribution in [0.3, 0.4) is 0 Å². The van der Waals surface area contributed by atoms with E-state index in [4.69, 9.17) is 0 Å². The molecule has 0 amide bonds. The minimum absolute atomic E-state index is 0.00639. The summed E-state index contributed by atoms with van der Waals surface area (Å²) >= 11 is 1.87. The van der Waals surface area contributed by atoms with Gasteiger partial charge < -0.3 is 0 Å². The Morgan fingerprint density at radius 3 is 2.00 bits per heavy atom. The smallest absolute Gasteiger partial charge is 0.146 e. The standard InChI is InChI=1S/C21H32OS/c1-10-21(8,9)20(22)17(7)18(13(2)3)23-19-15(5)11-14(4)12-16(19)6/h10-13,17-18H,1H2,2-9H3/t17-,18-/m1/s1. The first-order valence-corrected chi connectivity index (χ1v) is 9.31. The summed E-state index contributed by atoms with van der Waals surface area (Å²) in [5.74, 6) is 0.703. The van der Waals surface area contributed by atoms with Crippen molar-refractivity contribution in [1.29, 1.82) is 0 Å². The lowest BCUT2D eigenvalue weighted by atomic mass is 9.79. The molecular formula is C21H32OS. The van der Waals surface area contributed by atoms with Crippen molar-refractivity contribution in [3.8, 4) is 0 Å². The first kappa shape index (κ1) is 20.0. The van der Waals surface area contributed by atoms with E-state index in [1.54, 1.807) is 6.08 Å². The van der Waals surface area contributed by atoms with Gasteiger partial charge in [-0.15, -0.1) is 18.3 Å². The number of aryl methyl sites for hydroxylation is 3. The third-order valence-electron chi connectivity index (χ3n) is 4.57. The average molecular weight is 333 g/mol. The van der Waals surface area contributed by atoms with Gasteiger partial charge in [-0.1, -0.05) is 44.5 Å². The topological polar surface area (TPSA) is 17.1 Å². The van der Waals surface area contributed by atoms with Crippen LogP contribution in [-0.2, 0) is 4.79 Å². The second-order valence-electron chi connectivity index (χ2n) is 7.63. The van der Waals surface area contributed by atoms with E-state index < -0.39 is 5.41 Å². The van der Waals surface area contributed by atoms with Crippen LogP contribution >= 0.6 is 11.8 Å². The SMILES string of the molecule is C=CC(C)(C)C(=O)[C@H](C)[C@H](Sc1c(C)cc(C)cc1C)C(C)C. The highest BCUT2D eigenvalue weighted by Crippen LogP contribution is 2.39. The van der Waals surface area contributed by atoms with E-state index in [1.807, 2.05) is 25.6 Å². The van der Waals surface area contributed by atoms with Crippen molar-refractivity contribution in [1.82, 2.24) is 0 Å². The van der Waals surface area contributed by atoms with Gasteiger partial charge in [-0.05, 0) is 51.7 Å². The number of benzene rings is 1. The predicted octanol–water partition coefficient (Wildman–Crippen LogP) is 6.15. The molecule has 1 rings (SSSR count). The number of thioether (sulfide) groups is 1. The molecule has 1 aromatic rings. The minimum Gasteiger partial charge on any atom is -0.298 e. The quantitative estimate of drug-likeness (QED) is 0.440. The van der Waals surface area contributed by atoms with E-state index in [2.05, 4.69) is 60.3 Å². The first-order valence-electron chi connectivity index (χ1n) is 8.43. The Bertz CT molecular complexity index is 560. The third kappa shape index (κ3) is 4.73. The maximum absolute atomic E-state index is 12.9. The molecule has 0 radical (unpaired) electrons. The van der Waals surface area contributed by atoms with Crippen LogP contribution in [0.4, 0.5) is 0 Å². The highest BCUT2D eigenvalue weighted by atomic mass is 32.2. The molecule has 0 saturated carbocycles. The van der Waals surface area contributed by atoms with Crippen molar-refractivity contribution in [2.75, 3.05) is 0 Å². The Kier molecular flexibility index (Phi) is 6.70. The average Bonchev–Trinajstić information content (AvgIpc) is 2.44. The summed E-state index contributed by atoms with van der Waals surface area (Å²) in [7, 11) is 0. The molecule has 0 unspecified atom stereocenters. The molecule has 0 aliphatic rings. The van der Waals surface area contributed by atoms with Gasteiger partial charge in [0.15, 0.2) is 0 Å². The molecule has 0 aliphatic heterocycles. The fourth-order valence-electron chi connectivity index (χ4n) is 3.14. The van der Waals surface area contributed by atoms with Crippen molar-refractivity contribution in [2.45, 2.75) is 65.5 Å². The summed E-state index contributed by atoms with van der Waals surface area (Å²) in [6, 6.07) is 4.46. The van der Waals surface area contributed by atoms with Gasteiger partial charge in [0.2, 0.25) is 0 Å². The summed E-state index contributed by atoms with van der Waals surface area (Å²) in [6.07, 6.45) is 1.77. The number of hydrogen-bond donors (Lipinski definition) is 0. The summed E-state index contributed by atoms with van der Waals surface area (Å²) in [6.45, 7) is 20.7. The number of Topliss-reactive ketones (excluding diaryl/α,β-unsaturated/α-hetero) is 1. The minimum atomic E-state index is -0.468. The maximum atomic E-state index is 12.9. The fraction of sp³-hybridized carbons (Fsp3) is 0.571. The summed E-state index contributed by atoms with van der Waals surface area (Å²) in [4.78, 5) is 14.2. The van der Waals surface area contributed by atoms with Crippen molar-refractivity contribution in [3.05, 3.63) is 41.5 Å². The van der Waals surface area contributed by atoms with Crippen LogP contribution < -0.4 is 0 Å². The lowest BCUT2D eigenvalue weighted by Crippen LogP contribution is -2.35. The van der Waals surface area contributed by atoms with Crippen LogP contribution in [0.1, 0.15) is 51.3 Å². The Morgan fingerprint density at radius 2 is 1.61 bits per heavy atom. The van der Waals surface area contributed by atoms with E-state index in [-0.39, 0.29) is 17.0 Å². The number of carbonyl (C=O) groups is 1. The van der Waals surface area contributed by atoms with E-state index in [0.717, 1.165) is 0 Å². The Labute approximate surface area is 147 Å². The zero-order chi connectivity index (χ0) is 17.9. The molecular weight excluding hydrogens is 300 g/mol. The van der Waals surface area contributed by atoms with Gasteiger partial charge in [-0.25, -0.2) is 0 Å². The fourth-order valence-corrected chi connectivity index (χ4v) is 4.50. The van der Waals surface area contributed by atoms with Crippen LogP contribution in [0.25, 0.3) is 0 Å². The van der Waals surface area contributed by atoms with Gasteiger partial charge in [0, 0.05) is 21.5 Å². The molecule has 128 valence electrons. The van der Waals surface area contributed by atoms with Gasteiger partial charge in [-0.3, -0.25) is 4.79 Å². The molecule has 0 heterocycles. The van der Waals surface area contributed by atoms with E-state index >= 15 is 0 Å². The molecule has 0 fully saturated rings. The Hall–Kier alpha value is -1.02. The largest absolute Gasteiger partial charge is 0.298 e. The molecule has 0 bridgehead atoms. The van der Waals surface area contributed by atoms with Gasteiger partial charge >= 0.3 is 0 Å². The molecule has 2 heteroatoms. The molecule has 0 saturated heterocycles. The normalized spacial score (nSPS) is 14.7. The third-order valence-corrected chi connectivity index (χ3v) is 6.67. The van der Waals surface area contributed by atoms with E-state index in [1.165, 1.54) is 21.6 Å². The van der Waals surface area contributed by atoms with Crippen molar-refractivity contribution >= 4 is 17.5 Å². The maximum Gasteiger partial charge on any atom is 0.146 e. The van der Waals surface area contributed by atoms with Crippen molar-refractivity contribution < 1.29 is 4.79 Å². The molecule has 0 N–H and O–H groups in total. The van der Waals surface area contributed by atoms with Crippen LogP contribution in [0.15, 0.2) is 29.7 Å². The van der Waals surface area contributed by atoms with Crippen molar-refractivity contribution in [3.63, 3.8) is 0 Å². The van der Waals surface area contributed by atoms with Crippen LogP contribution in [0, 0.1) is 38.0 Å². The number of allylic oxidation sites excluding steroid dienone is 1. The van der Waals surface area contributed by atoms with E-state index in [0.29, 0.717) is 5.92 Å². The lowest BCUT2D eigenvalue weighted by Gasteiger charge is -2.31. The number of hydrogen-bond acceptors (Lipinski definition) is 2. The number of carbonyl (C=O) groups excluding carboxylic acids is 1. The number of ketones is 1. The first-order chi connectivity index (χ1) is 10.5. The molecule has 23 heavy (non-hydrogen) atoms. The monoisotopic (exact) mass is 332 g/mol.